The van der Waals surface area contributed by atoms with Gasteiger partial charge in [0.05, 0.1) is 6.10 Å². The van der Waals surface area contributed by atoms with Gasteiger partial charge in [-0.05, 0) is 84.1 Å². The number of esters is 1. The van der Waals surface area contributed by atoms with Crippen LogP contribution in [0.5, 0.6) is 0 Å². The molecule has 0 atom stereocenters. The summed E-state index contributed by atoms with van der Waals surface area (Å²) in [5, 5.41) is 3.00. The molecule has 46 heavy (non-hydrogen) atoms. The first-order chi connectivity index (χ1) is 22.7. The Morgan fingerprint density at radius 3 is 1.35 bits per heavy atom. The lowest BCUT2D eigenvalue weighted by Gasteiger charge is -2.18. The van der Waals surface area contributed by atoms with Gasteiger partial charge in [0.1, 0.15) is 13.2 Å². The molecule has 0 radical (unpaired) electrons. The first kappa shape index (κ1) is 44.4. The molecule has 0 spiro atoms. The molecule has 0 aromatic rings. The lowest BCUT2D eigenvalue weighted by Crippen LogP contribution is -2.23. The average molecular weight is 644 g/mol. The highest BCUT2D eigenvalue weighted by molar-refractivity contribution is 5.70. The smallest absolute Gasteiger partial charge is 0.332 e. The van der Waals surface area contributed by atoms with Crippen LogP contribution in [-0.2, 0) is 14.3 Å². The Balaban J connectivity index is 3.99. The second-order valence-electron chi connectivity index (χ2n) is 13.0. The van der Waals surface area contributed by atoms with Crippen LogP contribution in [0.2, 0.25) is 0 Å². The van der Waals surface area contributed by atoms with Crippen molar-refractivity contribution in [2.24, 2.45) is 0 Å². The summed E-state index contributed by atoms with van der Waals surface area (Å²) in [4.78, 5) is 12.1. The highest BCUT2D eigenvalue weighted by atomic mass is 16.6. The van der Waals surface area contributed by atoms with Crippen LogP contribution in [0.15, 0.2) is 48.6 Å². The normalized spacial score (nSPS) is 12.3. The number of hydrogen-bond acceptors (Lipinski definition) is 4. The monoisotopic (exact) mass is 644 g/mol. The van der Waals surface area contributed by atoms with Gasteiger partial charge in [0.25, 0.3) is 0 Å². The van der Waals surface area contributed by atoms with Crippen LogP contribution in [0.1, 0.15) is 181 Å². The number of carbonyl (C=O) groups is 1. The Labute approximate surface area is 287 Å². The van der Waals surface area contributed by atoms with E-state index in [4.69, 9.17) is 9.47 Å². The molecule has 0 bridgehead atoms. The van der Waals surface area contributed by atoms with Crippen LogP contribution in [0.3, 0.4) is 0 Å². The van der Waals surface area contributed by atoms with Gasteiger partial charge in [0.2, 0.25) is 0 Å². The summed E-state index contributed by atoms with van der Waals surface area (Å²) in [6, 6.07) is 0. The van der Waals surface area contributed by atoms with Crippen LogP contribution in [0.4, 0.5) is 0 Å². The summed E-state index contributed by atoms with van der Waals surface area (Å²) in [5.41, 5.74) is 0. The van der Waals surface area contributed by atoms with E-state index in [9.17, 15) is 4.79 Å². The van der Waals surface area contributed by atoms with E-state index in [1.165, 1.54) is 141 Å². The highest BCUT2D eigenvalue weighted by Crippen LogP contribution is 2.17. The maximum Gasteiger partial charge on any atom is 0.332 e. The summed E-state index contributed by atoms with van der Waals surface area (Å²) in [6.07, 6.45) is 51.3. The molecule has 0 aromatic carbocycles. The summed E-state index contributed by atoms with van der Waals surface area (Å²) >= 11 is 0. The number of carbonyl (C=O) groups excluding carboxylic acids is 1. The Morgan fingerprint density at radius 1 is 0.543 bits per heavy atom. The van der Waals surface area contributed by atoms with Crippen LogP contribution in [0, 0.1) is 0 Å². The van der Waals surface area contributed by atoms with E-state index < -0.39 is 0 Å². The Morgan fingerprint density at radius 2 is 0.935 bits per heavy atom. The van der Waals surface area contributed by atoms with E-state index in [-0.39, 0.29) is 18.7 Å². The minimum absolute atomic E-state index is 0.0821. The van der Waals surface area contributed by atoms with Crippen molar-refractivity contribution in [2.75, 3.05) is 26.8 Å². The number of allylic oxidation sites excluding steroid dienone is 8. The fourth-order valence-electron chi connectivity index (χ4n) is 5.53. The van der Waals surface area contributed by atoms with Gasteiger partial charge in [-0.25, -0.2) is 4.79 Å². The van der Waals surface area contributed by atoms with E-state index >= 15 is 0 Å². The highest BCUT2D eigenvalue weighted by Gasteiger charge is 2.12. The summed E-state index contributed by atoms with van der Waals surface area (Å²) in [6.45, 7) is 5.68. The fourth-order valence-corrected chi connectivity index (χ4v) is 5.53. The van der Waals surface area contributed by atoms with Gasteiger partial charge >= 0.3 is 5.97 Å². The molecule has 0 saturated carbocycles. The molecule has 0 heterocycles. The third-order valence-corrected chi connectivity index (χ3v) is 8.51. The van der Waals surface area contributed by atoms with Crippen LogP contribution >= 0.6 is 0 Å². The zero-order valence-corrected chi connectivity index (χ0v) is 30.9. The zero-order chi connectivity index (χ0) is 33.4. The SMILES string of the molecule is CCCCC/C=C\C/C=C\CCCCCCCCC(CCCCCCCC/C=C\C/C=C\CCCCC)OCC(=O)OCCNC. The predicted molar refractivity (Wildman–Crippen MR) is 203 cm³/mol. The molecule has 268 valence electrons. The van der Waals surface area contributed by atoms with Crippen LogP contribution < -0.4 is 5.32 Å². The number of ether oxygens (including phenoxy) is 2. The average Bonchev–Trinajstić information content (AvgIpc) is 3.06. The second-order valence-corrected chi connectivity index (χ2v) is 13.0. The number of likely N-dealkylation sites (N-methyl/N-ethyl adjacent to an activating group) is 1. The predicted octanol–water partition coefficient (Wildman–Crippen LogP) is 12.5. The summed E-state index contributed by atoms with van der Waals surface area (Å²) < 4.78 is 11.3. The van der Waals surface area contributed by atoms with E-state index in [0.29, 0.717) is 13.2 Å². The molecule has 0 amide bonds. The Hall–Kier alpha value is -1.65. The van der Waals surface area contributed by atoms with Gasteiger partial charge in [-0.3, -0.25) is 0 Å². The molecule has 1 N–H and O–H groups in total. The third-order valence-electron chi connectivity index (χ3n) is 8.51. The van der Waals surface area contributed by atoms with Crippen molar-refractivity contribution in [3.63, 3.8) is 0 Å². The molecule has 0 aliphatic carbocycles. The first-order valence-corrected chi connectivity index (χ1v) is 19.8. The van der Waals surface area contributed by atoms with E-state index in [1.807, 2.05) is 7.05 Å². The van der Waals surface area contributed by atoms with Crippen molar-refractivity contribution in [3.8, 4) is 0 Å². The fraction of sp³-hybridized carbons (Fsp3) is 0.786. The van der Waals surface area contributed by atoms with Crippen LogP contribution in [-0.4, -0.2) is 38.9 Å². The standard InChI is InChI=1S/C42H77NO3/c1-4-6-8-10-12-14-16-18-20-22-24-26-28-30-32-34-36-41(46-40-42(44)45-39-38-43-3)37-35-33-31-29-27-25-23-21-19-17-15-13-11-9-7-5-2/h12-15,18-21,41,43H,4-11,16-17,22-40H2,1-3H3/b14-12-,15-13-,20-18-,21-19-. The largest absolute Gasteiger partial charge is 0.463 e. The van der Waals surface area contributed by atoms with Gasteiger partial charge in [0.15, 0.2) is 0 Å². The van der Waals surface area contributed by atoms with E-state index in [0.717, 1.165) is 25.7 Å². The molecule has 0 unspecified atom stereocenters. The molecular formula is C42H77NO3. The summed E-state index contributed by atoms with van der Waals surface area (Å²) in [7, 11) is 1.86. The molecule has 0 rings (SSSR count). The molecule has 0 saturated heterocycles. The number of nitrogens with one attached hydrogen (secondary N) is 1. The molecule has 0 aliphatic heterocycles. The first-order valence-electron chi connectivity index (χ1n) is 19.8. The maximum absolute atomic E-state index is 12.1. The molecule has 0 aliphatic rings. The minimum atomic E-state index is -0.241. The topological polar surface area (TPSA) is 47.6 Å². The van der Waals surface area contributed by atoms with Crippen LogP contribution in [0.25, 0.3) is 0 Å². The number of rotatable bonds is 36. The van der Waals surface area contributed by atoms with Gasteiger partial charge in [-0.15, -0.1) is 0 Å². The lowest BCUT2D eigenvalue weighted by molar-refractivity contribution is -0.151. The molecule has 0 fully saturated rings. The minimum Gasteiger partial charge on any atom is -0.463 e. The van der Waals surface area contributed by atoms with Crippen molar-refractivity contribution in [1.82, 2.24) is 5.32 Å². The number of unbranched alkanes of at least 4 members (excludes halogenated alkanes) is 18. The van der Waals surface area contributed by atoms with Gasteiger partial charge in [-0.2, -0.15) is 0 Å². The molecule has 4 nitrogen and oxygen atoms in total. The van der Waals surface area contributed by atoms with Crippen molar-refractivity contribution in [1.29, 1.82) is 0 Å². The number of hydrogen-bond donors (Lipinski definition) is 1. The summed E-state index contributed by atoms with van der Waals surface area (Å²) in [5.74, 6) is -0.241. The van der Waals surface area contributed by atoms with Crippen molar-refractivity contribution >= 4 is 5.97 Å². The lowest BCUT2D eigenvalue weighted by atomic mass is 10.0. The van der Waals surface area contributed by atoms with Crippen molar-refractivity contribution < 1.29 is 14.3 Å². The third kappa shape index (κ3) is 36.8. The van der Waals surface area contributed by atoms with Gasteiger partial charge < -0.3 is 14.8 Å². The van der Waals surface area contributed by atoms with E-state index in [2.05, 4.69) is 67.8 Å². The second kappa shape index (κ2) is 39.5. The van der Waals surface area contributed by atoms with E-state index in [1.54, 1.807) is 0 Å². The Bertz CT molecular complexity index is 678. The quantitative estimate of drug-likeness (QED) is 0.0419. The van der Waals surface area contributed by atoms with Crippen molar-refractivity contribution in [3.05, 3.63) is 48.6 Å². The Kier molecular flexibility index (Phi) is 38.1. The van der Waals surface area contributed by atoms with Gasteiger partial charge in [0, 0.05) is 6.54 Å². The zero-order valence-electron chi connectivity index (χ0n) is 30.9. The maximum atomic E-state index is 12.1. The molecule has 0 aromatic heterocycles. The van der Waals surface area contributed by atoms with Gasteiger partial charge in [-0.1, -0.05) is 152 Å². The van der Waals surface area contributed by atoms with Crippen molar-refractivity contribution in [2.45, 2.75) is 187 Å². The molecular weight excluding hydrogens is 566 g/mol. The molecule has 4 heteroatoms.